The Morgan fingerprint density at radius 1 is 0.537 bits per heavy atom. The molecule has 24 heteroatoms. The van der Waals surface area contributed by atoms with E-state index in [9.17, 15) is 28.8 Å². The minimum absolute atomic E-state index is 0.00159. The number of amidine groups is 2. The predicted molar refractivity (Wildman–Crippen MR) is 193 cm³/mol. The molecule has 0 saturated heterocycles. The lowest BCUT2D eigenvalue weighted by Crippen LogP contribution is -2.29. The molecule has 0 fully saturated rings. The Bertz CT molecular complexity index is 2020. The molecule has 0 bridgehead atoms. The van der Waals surface area contributed by atoms with Gasteiger partial charge in [0.25, 0.3) is 23.6 Å². The number of imidazole rings is 4. The highest BCUT2D eigenvalue weighted by atomic mass is 16.2. The summed E-state index contributed by atoms with van der Waals surface area (Å²) in [5, 5.41) is 29.6. The van der Waals surface area contributed by atoms with Gasteiger partial charge in [-0.2, -0.15) is 0 Å². The molecule has 12 N–H and O–H groups in total. The van der Waals surface area contributed by atoms with Crippen molar-refractivity contribution in [3.05, 3.63) is 60.2 Å². The quantitative estimate of drug-likeness (QED) is 0.0351. The summed E-state index contributed by atoms with van der Waals surface area (Å²) in [6, 6.07) is 0. The summed E-state index contributed by atoms with van der Waals surface area (Å²) >= 11 is 0. The topological polar surface area (TPSA) is 346 Å². The lowest BCUT2D eigenvalue weighted by molar-refractivity contribution is -0.114. The van der Waals surface area contributed by atoms with E-state index in [0.29, 0.717) is 0 Å². The Kier molecular flexibility index (Phi) is 12.3. The molecule has 4 aromatic heterocycles. The molecule has 0 atom stereocenters. The number of carbonyl (C=O) groups excluding carboxylic acids is 6. The van der Waals surface area contributed by atoms with Gasteiger partial charge in [-0.15, -0.1) is 0 Å². The summed E-state index contributed by atoms with van der Waals surface area (Å²) in [5.74, 6) is -4.15. The lowest BCUT2D eigenvalue weighted by Gasteiger charge is -2.03. The number of amides is 6. The second kappa shape index (κ2) is 17.0. The van der Waals surface area contributed by atoms with Gasteiger partial charge in [-0.25, -0.2) is 19.9 Å². The van der Waals surface area contributed by atoms with Crippen molar-refractivity contribution in [3.8, 4) is 0 Å². The standard InChI is InChI=1S/C30H38N18O6/c1-45-13-19(41-23(45)27(51)35-9-7-15(31)32)43-29(53)25-39-17(11-47(25)3)37-21(49)5-6-22(50)38-18-12-48(4)26(40-18)30(54)44-20-14-46(2)24(42-20)28(52)36-10-8-16(33)34/h5-6,11-14H,7-10H2,1-4H3,(H3,31,32)(H3,33,34)(H,35,51)(H,36,52)(H,37,49)(H,38,50)(H,43,53)(H,44,54)/b6-5+. The van der Waals surface area contributed by atoms with Crippen LogP contribution in [0.4, 0.5) is 23.3 Å². The van der Waals surface area contributed by atoms with E-state index in [0.717, 1.165) is 12.2 Å². The summed E-state index contributed by atoms with van der Waals surface area (Å²) in [6.45, 7) is 0.282. The molecule has 24 nitrogen and oxygen atoms in total. The van der Waals surface area contributed by atoms with Crippen LogP contribution in [0.25, 0.3) is 0 Å². The van der Waals surface area contributed by atoms with Gasteiger partial charge < -0.3 is 61.6 Å². The first-order valence-electron chi connectivity index (χ1n) is 15.8. The van der Waals surface area contributed by atoms with Crippen LogP contribution in [-0.4, -0.2) is 98.4 Å². The van der Waals surface area contributed by atoms with E-state index in [4.69, 9.17) is 22.3 Å². The molecular formula is C30H38N18O6. The van der Waals surface area contributed by atoms with Gasteiger partial charge in [0, 0.05) is 91.1 Å². The molecule has 0 aliphatic carbocycles. The number of nitrogens with two attached hydrogens (primary N) is 2. The molecule has 284 valence electrons. The number of nitrogens with one attached hydrogen (secondary N) is 8. The van der Waals surface area contributed by atoms with Gasteiger partial charge in [-0.3, -0.25) is 39.6 Å². The van der Waals surface area contributed by atoms with Crippen LogP contribution in [0.3, 0.4) is 0 Å². The maximum absolute atomic E-state index is 12.9. The molecule has 6 amide bonds. The van der Waals surface area contributed by atoms with Gasteiger partial charge in [0.05, 0.1) is 11.7 Å². The van der Waals surface area contributed by atoms with Crippen molar-refractivity contribution < 1.29 is 28.8 Å². The van der Waals surface area contributed by atoms with Crippen molar-refractivity contribution in [2.45, 2.75) is 12.8 Å². The van der Waals surface area contributed by atoms with E-state index < -0.39 is 35.4 Å². The van der Waals surface area contributed by atoms with E-state index in [1.807, 2.05) is 0 Å². The highest BCUT2D eigenvalue weighted by Crippen LogP contribution is 2.14. The van der Waals surface area contributed by atoms with Crippen LogP contribution in [0.15, 0.2) is 36.9 Å². The van der Waals surface area contributed by atoms with Crippen LogP contribution in [0.5, 0.6) is 0 Å². The molecular weight excluding hydrogens is 708 g/mol. The fourth-order valence-electron chi connectivity index (χ4n) is 4.56. The van der Waals surface area contributed by atoms with Crippen molar-refractivity contribution in [3.63, 3.8) is 0 Å². The van der Waals surface area contributed by atoms with Crippen molar-refractivity contribution in [1.82, 2.24) is 48.8 Å². The number of hydrogen-bond acceptors (Lipinski definition) is 12. The maximum atomic E-state index is 12.9. The fourth-order valence-corrected chi connectivity index (χ4v) is 4.56. The average Bonchev–Trinajstić information content (AvgIpc) is 3.84. The van der Waals surface area contributed by atoms with Gasteiger partial charge in [0.1, 0.15) is 0 Å². The molecule has 0 aliphatic heterocycles. The number of rotatable bonds is 16. The minimum atomic E-state index is -0.747. The Morgan fingerprint density at radius 3 is 1.11 bits per heavy atom. The fraction of sp³-hybridized carbons (Fsp3) is 0.267. The second-order valence-corrected chi connectivity index (χ2v) is 11.5. The number of carbonyl (C=O) groups is 6. The van der Waals surface area contributed by atoms with E-state index >= 15 is 0 Å². The third-order valence-electron chi connectivity index (χ3n) is 7.05. The highest BCUT2D eigenvalue weighted by molar-refractivity contribution is 6.08. The molecule has 0 radical (unpaired) electrons. The summed E-state index contributed by atoms with van der Waals surface area (Å²) in [7, 11) is 6.15. The number of aromatic nitrogens is 8. The van der Waals surface area contributed by atoms with E-state index in [1.54, 1.807) is 14.1 Å². The second-order valence-electron chi connectivity index (χ2n) is 11.5. The Balaban J connectivity index is 1.28. The van der Waals surface area contributed by atoms with E-state index in [2.05, 4.69) is 51.8 Å². The van der Waals surface area contributed by atoms with Crippen LogP contribution < -0.4 is 43.4 Å². The average molecular weight is 747 g/mol. The van der Waals surface area contributed by atoms with Crippen LogP contribution in [-0.2, 0) is 37.8 Å². The van der Waals surface area contributed by atoms with Gasteiger partial charge in [-0.1, -0.05) is 0 Å². The third kappa shape index (κ3) is 10.4. The summed E-state index contributed by atoms with van der Waals surface area (Å²) in [5.41, 5.74) is 10.6. The van der Waals surface area contributed by atoms with Crippen molar-refractivity contribution in [2.75, 3.05) is 34.4 Å². The van der Waals surface area contributed by atoms with Crippen LogP contribution in [0, 0.1) is 10.8 Å². The zero-order chi connectivity index (χ0) is 39.7. The predicted octanol–water partition coefficient (Wildman–Crippen LogP) is -1.63. The largest absolute Gasteiger partial charge is 0.388 e. The summed E-state index contributed by atoms with van der Waals surface area (Å²) in [4.78, 5) is 92.0. The molecule has 54 heavy (non-hydrogen) atoms. The SMILES string of the molecule is Cn1cc(NC(=O)c2nc(NC(=O)/C=C/C(=O)Nc3cn(C)c(C(=O)Nc4cn(C)c(C(=O)NCCC(=N)N)n4)n3)cn2C)nc1C(=O)NCCC(=N)N. The molecule has 0 unspecified atom stereocenters. The smallest absolute Gasteiger partial charge is 0.292 e. The van der Waals surface area contributed by atoms with Gasteiger partial charge >= 0.3 is 0 Å². The first kappa shape index (κ1) is 39.1. The van der Waals surface area contributed by atoms with Gasteiger partial charge in [0.15, 0.2) is 23.3 Å². The van der Waals surface area contributed by atoms with Crippen molar-refractivity contribution in [1.29, 1.82) is 10.8 Å². The van der Waals surface area contributed by atoms with Gasteiger partial charge in [-0.05, 0) is 0 Å². The molecule has 0 saturated carbocycles. The number of nitrogens with zero attached hydrogens (tertiary/aromatic N) is 8. The number of anilines is 4. The molecule has 0 spiro atoms. The molecule has 0 aromatic carbocycles. The molecule has 4 heterocycles. The molecule has 0 aliphatic rings. The monoisotopic (exact) mass is 746 g/mol. The first-order valence-corrected chi connectivity index (χ1v) is 15.8. The molecule has 4 rings (SSSR count). The van der Waals surface area contributed by atoms with Crippen LogP contribution in [0.1, 0.15) is 55.3 Å². The van der Waals surface area contributed by atoms with E-state index in [1.165, 1.54) is 57.2 Å². The Labute approximate surface area is 305 Å². The van der Waals surface area contributed by atoms with E-state index in [-0.39, 0.29) is 84.2 Å². The normalized spacial score (nSPS) is 10.8. The zero-order valence-corrected chi connectivity index (χ0v) is 29.5. The first-order chi connectivity index (χ1) is 25.5. The summed E-state index contributed by atoms with van der Waals surface area (Å²) < 4.78 is 5.49. The van der Waals surface area contributed by atoms with Crippen molar-refractivity contribution >= 4 is 70.4 Å². The number of hydrogen-bond donors (Lipinski definition) is 10. The summed E-state index contributed by atoms with van der Waals surface area (Å²) in [6.07, 6.45) is 7.75. The van der Waals surface area contributed by atoms with Crippen molar-refractivity contribution in [2.24, 2.45) is 39.7 Å². The van der Waals surface area contributed by atoms with Crippen LogP contribution in [0.2, 0.25) is 0 Å². The zero-order valence-electron chi connectivity index (χ0n) is 29.5. The minimum Gasteiger partial charge on any atom is -0.388 e. The highest BCUT2D eigenvalue weighted by Gasteiger charge is 2.21. The Hall–Kier alpha value is -7.66. The number of aryl methyl sites for hydroxylation is 4. The van der Waals surface area contributed by atoms with Gasteiger partial charge in [0.2, 0.25) is 35.1 Å². The lowest BCUT2D eigenvalue weighted by atomic mass is 10.4. The third-order valence-corrected chi connectivity index (χ3v) is 7.05. The maximum Gasteiger partial charge on any atom is 0.292 e. The molecule has 4 aromatic rings. The Morgan fingerprint density at radius 2 is 0.815 bits per heavy atom. The van der Waals surface area contributed by atoms with Crippen LogP contribution >= 0.6 is 0 Å².